The molecule has 0 radical (unpaired) electrons. The van der Waals surface area contributed by atoms with E-state index in [2.05, 4.69) is 41.5 Å². The number of ketones is 2. The summed E-state index contributed by atoms with van der Waals surface area (Å²) in [5.41, 5.74) is 0. The minimum absolute atomic E-state index is 0.407. The molecule has 0 heterocycles. The minimum Gasteiger partial charge on any atom is -0.300 e. The Balaban J connectivity index is 0. The van der Waals surface area contributed by atoms with E-state index in [0.29, 0.717) is 23.4 Å². The SMILES string of the molecule is CC(C)CC(=O)CC(C)C.CCCCC(=O)CCCC. The minimum atomic E-state index is 0.407. The van der Waals surface area contributed by atoms with Gasteiger partial charge in [0, 0.05) is 25.7 Å². The van der Waals surface area contributed by atoms with Crippen molar-refractivity contribution >= 4 is 11.6 Å². The Hall–Kier alpha value is -0.660. The van der Waals surface area contributed by atoms with Gasteiger partial charge in [0.05, 0.1) is 0 Å². The molecule has 0 rings (SSSR count). The lowest BCUT2D eigenvalue weighted by Crippen LogP contribution is -2.05. The number of hydrogen-bond acceptors (Lipinski definition) is 2. The van der Waals surface area contributed by atoms with Gasteiger partial charge < -0.3 is 0 Å². The highest BCUT2D eigenvalue weighted by Crippen LogP contribution is 2.07. The molecular formula is C18H36O2. The highest BCUT2D eigenvalue weighted by molar-refractivity contribution is 5.78. The second-order valence-corrected chi connectivity index (χ2v) is 6.48. The molecule has 0 saturated carbocycles. The molecule has 2 heteroatoms. The fraction of sp³-hybridized carbons (Fsp3) is 0.889. The number of rotatable bonds is 10. The Kier molecular flexibility index (Phi) is 15.9. The van der Waals surface area contributed by atoms with E-state index in [1.807, 2.05) is 0 Å². The Morgan fingerprint density at radius 2 is 1.05 bits per heavy atom. The van der Waals surface area contributed by atoms with Gasteiger partial charge >= 0.3 is 0 Å². The summed E-state index contributed by atoms with van der Waals surface area (Å²) in [5, 5.41) is 0. The first-order valence-electron chi connectivity index (χ1n) is 8.36. The Morgan fingerprint density at radius 3 is 1.30 bits per heavy atom. The molecular weight excluding hydrogens is 248 g/mol. The van der Waals surface area contributed by atoms with Crippen molar-refractivity contribution in [2.75, 3.05) is 0 Å². The van der Waals surface area contributed by atoms with Gasteiger partial charge in [0.2, 0.25) is 0 Å². The van der Waals surface area contributed by atoms with Gasteiger partial charge in [-0.3, -0.25) is 9.59 Å². The van der Waals surface area contributed by atoms with Gasteiger partial charge in [-0.2, -0.15) is 0 Å². The predicted octanol–water partition coefficient (Wildman–Crippen LogP) is 5.58. The van der Waals surface area contributed by atoms with E-state index in [0.717, 1.165) is 51.4 Å². The molecule has 0 atom stereocenters. The predicted molar refractivity (Wildman–Crippen MR) is 88.0 cm³/mol. The van der Waals surface area contributed by atoms with Crippen LogP contribution in [0.5, 0.6) is 0 Å². The lowest BCUT2D eigenvalue weighted by molar-refractivity contribution is -0.120. The molecule has 0 aromatic rings. The van der Waals surface area contributed by atoms with Crippen LogP contribution in [0, 0.1) is 11.8 Å². The van der Waals surface area contributed by atoms with Gasteiger partial charge in [0.25, 0.3) is 0 Å². The van der Waals surface area contributed by atoms with E-state index in [1.165, 1.54) is 0 Å². The monoisotopic (exact) mass is 284 g/mol. The van der Waals surface area contributed by atoms with Crippen LogP contribution >= 0.6 is 0 Å². The first kappa shape index (κ1) is 21.6. The van der Waals surface area contributed by atoms with Gasteiger partial charge in [-0.1, -0.05) is 54.4 Å². The van der Waals surface area contributed by atoms with Crippen molar-refractivity contribution in [2.24, 2.45) is 11.8 Å². The fourth-order valence-corrected chi connectivity index (χ4v) is 1.87. The van der Waals surface area contributed by atoms with Crippen LogP contribution in [0.2, 0.25) is 0 Å². The summed E-state index contributed by atoms with van der Waals surface area (Å²) in [5.74, 6) is 1.89. The van der Waals surface area contributed by atoms with E-state index in [-0.39, 0.29) is 0 Å². The number of carbonyl (C=O) groups is 2. The van der Waals surface area contributed by atoms with Crippen molar-refractivity contribution in [1.29, 1.82) is 0 Å². The molecule has 0 aliphatic rings. The van der Waals surface area contributed by atoms with Gasteiger partial charge in [-0.25, -0.2) is 0 Å². The maximum atomic E-state index is 11.1. The zero-order valence-corrected chi connectivity index (χ0v) is 14.6. The molecule has 2 nitrogen and oxygen atoms in total. The lowest BCUT2D eigenvalue weighted by atomic mass is 10.00. The quantitative estimate of drug-likeness (QED) is 0.524. The summed E-state index contributed by atoms with van der Waals surface area (Å²) >= 11 is 0. The Labute approximate surface area is 126 Å². The zero-order valence-electron chi connectivity index (χ0n) is 14.6. The van der Waals surface area contributed by atoms with Crippen LogP contribution in [-0.2, 0) is 9.59 Å². The van der Waals surface area contributed by atoms with Crippen LogP contribution in [0.25, 0.3) is 0 Å². The maximum absolute atomic E-state index is 11.1. The average Bonchev–Trinajstić information content (AvgIpc) is 2.32. The zero-order chi connectivity index (χ0) is 16.0. The molecule has 20 heavy (non-hydrogen) atoms. The highest BCUT2D eigenvalue weighted by atomic mass is 16.1. The first-order chi connectivity index (χ1) is 9.33. The summed E-state index contributed by atoms with van der Waals surface area (Å²) in [6, 6.07) is 0. The molecule has 0 amide bonds. The second-order valence-electron chi connectivity index (χ2n) is 6.48. The van der Waals surface area contributed by atoms with Gasteiger partial charge in [0.1, 0.15) is 11.6 Å². The standard InChI is InChI=1S/2C9H18O/c1-7(2)5-9(10)6-8(3)4;1-3-5-7-9(10)8-6-4-2/h7-8H,5-6H2,1-4H3;3-8H2,1-2H3. The summed E-state index contributed by atoms with van der Waals surface area (Å²) in [6.07, 6.45) is 7.52. The first-order valence-corrected chi connectivity index (χ1v) is 8.36. The van der Waals surface area contributed by atoms with Crippen molar-refractivity contribution in [3.8, 4) is 0 Å². The molecule has 0 aromatic heterocycles. The average molecular weight is 284 g/mol. The third-order valence-corrected chi connectivity index (χ3v) is 2.89. The molecule has 0 unspecified atom stereocenters. The van der Waals surface area contributed by atoms with Gasteiger partial charge in [-0.15, -0.1) is 0 Å². The van der Waals surface area contributed by atoms with Crippen LogP contribution in [0.1, 0.15) is 92.9 Å². The van der Waals surface area contributed by atoms with Crippen molar-refractivity contribution < 1.29 is 9.59 Å². The molecule has 0 spiro atoms. The summed E-state index contributed by atoms with van der Waals surface area (Å²) in [7, 11) is 0. The van der Waals surface area contributed by atoms with Crippen molar-refractivity contribution in [3.05, 3.63) is 0 Å². The van der Waals surface area contributed by atoms with Crippen molar-refractivity contribution in [1.82, 2.24) is 0 Å². The molecule has 0 aromatic carbocycles. The van der Waals surface area contributed by atoms with Gasteiger partial charge in [0.15, 0.2) is 0 Å². The van der Waals surface area contributed by atoms with Crippen LogP contribution < -0.4 is 0 Å². The summed E-state index contributed by atoms with van der Waals surface area (Å²) < 4.78 is 0. The third-order valence-electron chi connectivity index (χ3n) is 2.89. The molecule has 120 valence electrons. The van der Waals surface area contributed by atoms with E-state index in [1.54, 1.807) is 0 Å². The topological polar surface area (TPSA) is 34.1 Å². The number of carbonyl (C=O) groups excluding carboxylic acids is 2. The van der Waals surface area contributed by atoms with Crippen LogP contribution in [-0.4, -0.2) is 11.6 Å². The molecule has 0 N–H and O–H groups in total. The normalized spacial score (nSPS) is 10.4. The van der Waals surface area contributed by atoms with Gasteiger partial charge in [-0.05, 0) is 24.7 Å². The molecule has 0 aliphatic carbocycles. The molecule has 0 fully saturated rings. The summed E-state index contributed by atoms with van der Waals surface area (Å²) in [4.78, 5) is 22.0. The van der Waals surface area contributed by atoms with Crippen LogP contribution in [0.15, 0.2) is 0 Å². The Morgan fingerprint density at radius 1 is 0.700 bits per heavy atom. The van der Waals surface area contributed by atoms with Crippen LogP contribution in [0.3, 0.4) is 0 Å². The van der Waals surface area contributed by atoms with Crippen molar-refractivity contribution in [3.63, 3.8) is 0 Å². The number of hydrogen-bond donors (Lipinski definition) is 0. The van der Waals surface area contributed by atoms with Crippen LogP contribution in [0.4, 0.5) is 0 Å². The largest absolute Gasteiger partial charge is 0.300 e. The third kappa shape index (κ3) is 19.7. The number of unbranched alkanes of at least 4 members (excludes halogenated alkanes) is 2. The lowest BCUT2D eigenvalue weighted by Gasteiger charge is -2.05. The maximum Gasteiger partial charge on any atom is 0.133 e. The second kappa shape index (κ2) is 14.7. The van der Waals surface area contributed by atoms with Crippen molar-refractivity contribution in [2.45, 2.75) is 92.9 Å². The summed E-state index contributed by atoms with van der Waals surface area (Å²) in [6.45, 7) is 12.6. The number of Topliss-reactive ketones (excluding diaryl/α,β-unsaturated/α-hetero) is 2. The van der Waals surface area contributed by atoms with E-state index < -0.39 is 0 Å². The van der Waals surface area contributed by atoms with E-state index in [4.69, 9.17) is 0 Å². The Bertz CT molecular complexity index is 220. The highest BCUT2D eigenvalue weighted by Gasteiger charge is 2.06. The molecule has 0 aliphatic heterocycles. The van der Waals surface area contributed by atoms with E-state index >= 15 is 0 Å². The smallest absolute Gasteiger partial charge is 0.133 e. The molecule has 0 saturated heterocycles. The van der Waals surface area contributed by atoms with E-state index in [9.17, 15) is 9.59 Å². The molecule has 0 bridgehead atoms. The fourth-order valence-electron chi connectivity index (χ4n) is 1.87.